The summed E-state index contributed by atoms with van der Waals surface area (Å²) in [6.07, 6.45) is 2.81. The van der Waals surface area contributed by atoms with Crippen LogP contribution >= 0.6 is 0 Å². The second kappa shape index (κ2) is 3.56. The lowest BCUT2D eigenvalue weighted by Crippen LogP contribution is -2.11. The lowest BCUT2D eigenvalue weighted by atomic mass is 10.4. The summed E-state index contributed by atoms with van der Waals surface area (Å²) in [4.78, 5) is 0. The minimum Gasteiger partial charge on any atom is -0.510 e. The molecule has 2 aromatic heterocycles. The molecule has 0 amide bonds. The van der Waals surface area contributed by atoms with Gasteiger partial charge in [-0.25, -0.2) is 0 Å². The maximum absolute atomic E-state index is 4.89. The van der Waals surface area contributed by atoms with Gasteiger partial charge in [0, 0.05) is 0 Å². The molecule has 2 N–H and O–H groups in total. The fraction of sp³-hybridized carbons (Fsp3) is 0. The molecule has 0 atom stereocenters. The summed E-state index contributed by atoms with van der Waals surface area (Å²) in [5.41, 5.74) is 0. The number of rotatable bonds is 4. The lowest BCUT2D eigenvalue weighted by Gasteiger charge is -1.97. The van der Waals surface area contributed by atoms with Gasteiger partial charge in [0.1, 0.15) is 12.4 Å². The third-order valence-corrected chi connectivity index (χ3v) is 1.12. The van der Waals surface area contributed by atoms with Crippen molar-refractivity contribution in [3.05, 3.63) is 12.4 Å². The van der Waals surface area contributed by atoms with Gasteiger partial charge >= 0.3 is 7.69 Å². The minimum atomic E-state index is 0.309. The standard InChI is InChI=1S/C4H4BN6O2/c1-3(8-10-6-1)12-5-13-4-2-7-11-9-4/h1-2H,(H,6,8,10)(H,7,9,11). The normalized spacial score (nSPS) is 9.54. The summed E-state index contributed by atoms with van der Waals surface area (Å²) in [7, 11) is 1.08. The number of H-pyrrole nitrogens is 2. The Hall–Kier alpha value is -2.06. The van der Waals surface area contributed by atoms with Crippen LogP contribution in [-0.2, 0) is 0 Å². The molecule has 0 aromatic carbocycles. The molecule has 0 saturated carbocycles. The number of nitrogens with one attached hydrogen (secondary N) is 2. The van der Waals surface area contributed by atoms with Gasteiger partial charge in [-0.15, -0.1) is 10.2 Å². The summed E-state index contributed by atoms with van der Waals surface area (Å²) in [6, 6.07) is 0. The number of hydrogen-bond acceptors (Lipinski definition) is 6. The Balaban J connectivity index is 1.76. The van der Waals surface area contributed by atoms with Crippen LogP contribution in [0.1, 0.15) is 0 Å². The zero-order chi connectivity index (χ0) is 8.93. The van der Waals surface area contributed by atoms with Crippen molar-refractivity contribution in [2.75, 3.05) is 0 Å². The maximum atomic E-state index is 4.89. The van der Waals surface area contributed by atoms with Gasteiger partial charge in [0.15, 0.2) is 0 Å². The SMILES string of the molecule is [B](Oc1cn[nH]n1)Oc1cn[nH]n1. The topological polar surface area (TPSA) is 102 Å². The van der Waals surface area contributed by atoms with Gasteiger partial charge in [-0.2, -0.15) is 20.6 Å². The molecule has 65 valence electrons. The van der Waals surface area contributed by atoms with Crippen molar-refractivity contribution in [3.8, 4) is 11.8 Å². The van der Waals surface area contributed by atoms with Crippen molar-refractivity contribution < 1.29 is 9.31 Å². The zero-order valence-electron chi connectivity index (χ0n) is 6.34. The molecule has 0 unspecified atom stereocenters. The van der Waals surface area contributed by atoms with Crippen LogP contribution in [0.2, 0.25) is 0 Å². The van der Waals surface area contributed by atoms with Crippen LogP contribution in [0, 0.1) is 0 Å². The van der Waals surface area contributed by atoms with E-state index in [0.717, 1.165) is 7.69 Å². The summed E-state index contributed by atoms with van der Waals surface area (Å²) in [5.74, 6) is 0.618. The van der Waals surface area contributed by atoms with Crippen LogP contribution in [0.4, 0.5) is 0 Å². The van der Waals surface area contributed by atoms with Crippen molar-refractivity contribution >= 4 is 7.69 Å². The van der Waals surface area contributed by atoms with E-state index in [1.54, 1.807) is 0 Å². The van der Waals surface area contributed by atoms with Gasteiger partial charge in [-0.05, 0) is 0 Å². The average molecular weight is 179 g/mol. The first-order valence-electron chi connectivity index (χ1n) is 3.32. The molecule has 9 heteroatoms. The highest BCUT2D eigenvalue weighted by Gasteiger charge is 2.04. The quantitative estimate of drug-likeness (QED) is 0.578. The first-order chi connectivity index (χ1) is 6.45. The Bertz CT molecular complexity index is 299. The van der Waals surface area contributed by atoms with E-state index in [9.17, 15) is 0 Å². The lowest BCUT2D eigenvalue weighted by molar-refractivity contribution is 0.438. The largest absolute Gasteiger partial charge is 0.660 e. The van der Waals surface area contributed by atoms with Crippen molar-refractivity contribution in [1.82, 2.24) is 30.8 Å². The average Bonchev–Trinajstić information content (AvgIpc) is 2.75. The molecule has 2 aromatic rings. The highest BCUT2D eigenvalue weighted by atomic mass is 16.6. The third kappa shape index (κ3) is 1.95. The van der Waals surface area contributed by atoms with Gasteiger partial charge in [0.05, 0.1) is 0 Å². The molecular weight excluding hydrogens is 175 g/mol. The maximum Gasteiger partial charge on any atom is 0.660 e. The molecule has 0 aliphatic rings. The van der Waals surface area contributed by atoms with Gasteiger partial charge < -0.3 is 9.31 Å². The molecular formula is C4H4BN6O2. The second-order valence-electron chi connectivity index (χ2n) is 1.95. The Kier molecular flexibility index (Phi) is 2.08. The van der Waals surface area contributed by atoms with E-state index >= 15 is 0 Å². The second-order valence-corrected chi connectivity index (χ2v) is 1.95. The van der Waals surface area contributed by atoms with Crippen LogP contribution in [0.5, 0.6) is 11.8 Å². The van der Waals surface area contributed by atoms with E-state index in [-0.39, 0.29) is 0 Å². The van der Waals surface area contributed by atoms with E-state index in [1.807, 2.05) is 0 Å². The summed E-state index contributed by atoms with van der Waals surface area (Å²) >= 11 is 0. The highest BCUT2D eigenvalue weighted by molar-refractivity contribution is 6.20. The predicted molar refractivity (Wildman–Crippen MR) is 39.8 cm³/mol. The van der Waals surface area contributed by atoms with Gasteiger partial charge in [0.2, 0.25) is 11.8 Å². The molecule has 0 aliphatic carbocycles. The highest BCUT2D eigenvalue weighted by Crippen LogP contribution is 2.01. The Morgan fingerprint density at radius 1 is 1.00 bits per heavy atom. The van der Waals surface area contributed by atoms with Crippen LogP contribution < -0.4 is 9.31 Å². The number of aromatic amines is 2. The number of nitrogens with zero attached hydrogens (tertiary/aromatic N) is 4. The van der Waals surface area contributed by atoms with Gasteiger partial charge in [-0.1, -0.05) is 0 Å². The Morgan fingerprint density at radius 2 is 1.54 bits per heavy atom. The molecule has 2 rings (SSSR count). The van der Waals surface area contributed by atoms with Crippen molar-refractivity contribution in [2.24, 2.45) is 0 Å². The third-order valence-electron chi connectivity index (χ3n) is 1.12. The molecule has 0 aliphatic heterocycles. The molecule has 13 heavy (non-hydrogen) atoms. The zero-order valence-corrected chi connectivity index (χ0v) is 6.34. The fourth-order valence-electron chi connectivity index (χ4n) is 0.618. The first kappa shape index (κ1) is 7.59. The smallest absolute Gasteiger partial charge is 0.510 e. The number of hydrogen-bond donors (Lipinski definition) is 2. The van der Waals surface area contributed by atoms with Crippen LogP contribution in [0.15, 0.2) is 12.4 Å². The molecule has 8 nitrogen and oxygen atoms in total. The molecule has 0 saturated heterocycles. The monoisotopic (exact) mass is 179 g/mol. The van der Waals surface area contributed by atoms with Gasteiger partial charge in [-0.3, -0.25) is 0 Å². The number of aromatic nitrogens is 6. The molecule has 1 radical (unpaired) electrons. The molecule has 0 fully saturated rings. The first-order valence-corrected chi connectivity index (χ1v) is 3.32. The summed E-state index contributed by atoms with van der Waals surface area (Å²) in [5, 5.41) is 19.1. The van der Waals surface area contributed by atoms with Crippen LogP contribution in [0.3, 0.4) is 0 Å². The van der Waals surface area contributed by atoms with Crippen molar-refractivity contribution in [2.45, 2.75) is 0 Å². The van der Waals surface area contributed by atoms with E-state index in [1.165, 1.54) is 12.4 Å². The van der Waals surface area contributed by atoms with E-state index < -0.39 is 0 Å². The van der Waals surface area contributed by atoms with Crippen molar-refractivity contribution in [3.63, 3.8) is 0 Å². The minimum absolute atomic E-state index is 0.309. The fourth-order valence-corrected chi connectivity index (χ4v) is 0.618. The van der Waals surface area contributed by atoms with Crippen LogP contribution in [0.25, 0.3) is 0 Å². The molecule has 0 spiro atoms. The van der Waals surface area contributed by atoms with E-state index in [4.69, 9.17) is 9.31 Å². The summed E-state index contributed by atoms with van der Waals surface area (Å²) in [6.45, 7) is 0. The van der Waals surface area contributed by atoms with Crippen molar-refractivity contribution in [1.29, 1.82) is 0 Å². The Labute approximate surface area is 72.9 Å². The van der Waals surface area contributed by atoms with E-state index in [2.05, 4.69) is 30.8 Å². The predicted octanol–water partition coefficient (Wildman–Crippen LogP) is -1.09. The van der Waals surface area contributed by atoms with E-state index in [0.29, 0.717) is 11.8 Å². The van der Waals surface area contributed by atoms with Crippen LogP contribution in [-0.4, -0.2) is 38.5 Å². The summed E-state index contributed by atoms with van der Waals surface area (Å²) < 4.78 is 9.77. The molecule has 0 bridgehead atoms. The molecule has 2 heterocycles. The Morgan fingerprint density at radius 3 is 1.92 bits per heavy atom. The van der Waals surface area contributed by atoms with Gasteiger partial charge in [0.25, 0.3) is 0 Å².